The summed E-state index contributed by atoms with van der Waals surface area (Å²) in [5.74, 6) is -1.30. The molecule has 0 radical (unpaired) electrons. The van der Waals surface area contributed by atoms with Gasteiger partial charge in [0, 0.05) is 11.8 Å². The molecule has 0 unspecified atom stereocenters. The van der Waals surface area contributed by atoms with Crippen LogP contribution in [0.1, 0.15) is 16.2 Å². The van der Waals surface area contributed by atoms with Gasteiger partial charge in [0.05, 0.1) is 5.69 Å². The standard InChI is InChI=1S/C12H10N2O2/c1-8-2-4-9(5-3-8)10-6-7-13-11(14-10)12(15)16/h2-7H,1H3,(H,15,16). The minimum atomic E-state index is -1.12. The maximum atomic E-state index is 10.7. The Bertz CT molecular complexity index is 521. The molecule has 4 nitrogen and oxygen atoms in total. The maximum Gasteiger partial charge on any atom is 0.373 e. The van der Waals surface area contributed by atoms with Crippen molar-refractivity contribution >= 4 is 5.97 Å². The van der Waals surface area contributed by atoms with Gasteiger partial charge in [-0.15, -0.1) is 0 Å². The molecule has 1 aromatic heterocycles. The summed E-state index contributed by atoms with van der Waals surface area (Å²) in [5, 5.41) is 8.78. The molecule has 2 rings (SSSR count). The topological polar surface area (TPSA) is 63.1 Å². The van der Waals surface area contributed by atoms with Crippen LogP contribution in [0.4, 0.5) is 0 Å². The van der Waals surface area contributed by atoms with Crippen LogP contribution in [0, 0.1) is 6.92 Å². The maximum absolute atomic E-state index is 10.7. The number of carboxylic acid groups (broad SMARTS) is 1. The third kappa shape index (κ3) is 2.06. The number of aryl methyl sites for hydroxylation is 1. The van der Waals surface area contributed by atoms with Crippen LogP contribution in [-0.2, 0) is 0 Å². The van der Waals surface area contributed by atoms with Crippen molar-refractivity contribution in [2.45, 2.75) is 6.92 Å². The van der Waals surface area contributed by atoms with Gasteiger partial charge in [-0.3, -0.25) is 0 Å². The lowest BCUT2D eigenvalue weighted by Crippen LogP contribution is -2.04. The van der Waals surface area contributed by atoms with Gasteiger partial charge < -0.3 is 5.11 Å². The fourth-order valence-electron chi connectivity index (χ4n) is 1.35. The zero-order valence-corrected chi connectivity index (χ0v) is 8.71. The van der Waals surface area contributed by atoms with Crippen molar-refractivity contribution in [3.8, 4) is 11.3 Å². The second kappa shape index (κ2) is 4.10. The lowest BCUT2D eigenvalue weighted by atomic mass is 10.1. The molecule has 1 heterocycles. The van der Waals surface area contributed by atoms with Crippen molar-refractivity contribution in [2.75, 3.05) is 0 Å². The van der Waals surface area contributed by atoms with E-state index in [1.807, 2.05) is 31.2 Å². The van der Waals surface area contributed by atoms with Crippen LogP contribution in [0.25, 0.3) is 11.3 Å². The predicted molar refractivity (Wildman–Crippen MR) is 59.2 cm³/mol. The highest BCUT2D eigenvalue weighted by Crippen LogP contribution is 2.16. The Hall–Kier alpha value is -2.23. The number of rotatable bonds is 2. The van der Waals surface area contributed by atoms with Gasteiger partial charge in [-0.2, -0.15) is 0 Å². The summed E-state index contributed by atoms with van der Waals surface area (Å²) in [4.78, 5) is 18.3. The Morgan fingerprint density at radius 1 is 1.19 bits per heavy atom. The first-order valence-corrected chi connectivity index (χ1v) is 4.80. The van der Waals surface area contributed by atoms with E-state index in [0.29, 0.717) is 5.69 Å². The van der Waals surface area contributed by atoms with Gasteiger partial charge in [0.1, 0.15) is 0 Å². The number of benzene rings is 1. The summed E-state index contributed by atoms with van der Waals surface area (Å²) in [6.07, 6.45) is 1.45. The molecule has 0 amide bonds. The number of carboxylic acids is 1. The van der Waals surface area contributed by atoms with Crippen LogP contribution in [0.5, 0.6) is 0 Å². The van der Waals surface area contributed by atoms with Crippen LogP contribution in [0.3, 0.4) is 0 Å². The fraction of sp³-hybridized carbons (Fsp3) is 0.0833. The third-order valence-corrected chi connectivity index (χ3v) is 2.19. The SMILES string of the molecule is Cc1ccc(-c2ccnc(C(=O)O)n2)cc1. The highest BCUT2D eigenvalue weighted by Gasteiger charge is 2.07. The number of aromatic nitrogens is 2. The smallest absolute Gasteiger partial charge is 0.373 e. The Morgan fingerprint density at radius 3 is 2.50 bits per heavy atom. The van der Waals surface area contributed by atoms with Gasteiger partial charge in [0.2, 0.25) is 5.82 Å². The largest absolute Gasteiger partial charge is 0.475 e. The molecule has 0 saturated heterocycles. The summed E-state index contributed by atoms with van der Waals surface area (Å²) in [6, 6.07) is 9.42. The predicted octanol–water partition coefficient (Wildman–Crippen LogP) is 2.15. The summed E-state index contributed by atoms with van der Waals surface area (Å²) in [6.45, 7) is 1.99. The van der Waals surface area contributed by atoms with Crippen molar-refractivity contribution in [2.24, 2.45) is 0 Å². The summed E-state index contributed by atoms with van der Waals surface area (Å²) >= 11 is 0. The van der Waals surface area contributed by atoms with E-state index in [-0.39, 0.29) is 5.82 Å². The van der Waals surface area contributed by atoms with Crippen molar-refractivity contribution in [1.82, 2.24) is 9.97 Å². The molecule has 0 aliphatic carbocycles. The minimum Gasteiger partial charge on any atom is -0.475 e. The molecule has 2 aromatic rings. The second-order valence-corrected chi connectivity index (χ2v) is 3.44. The van der Waals surface area contributed by atoms with Crippen LogP contribution < -0.4 is 0 Å². The molecule has 0 bridgehead atoms. The van der Waals surface area contributed by atoms with Crippen LogP contribution in [-0.4, -0.2) is 21.0 Å². The van der Waals surface area contributed by atoms with Crippen molar-refractivity contribution < 1.29 is 9.90 Å². The molecule has 80 valence electrons. The fourth-order valence-corrected chi connectivity index (χ4v) is 1.35. The highest BCUT2D eigenvalue weighted by molar-refractivity contribution is 5.83. The van der Waals surface area contributed by atoms with E-state index in [0.717, 1.165) is 11.1 Å². The number of hydrogen-bond acceptors (Lipinski definition) is 3. The first kappa shape index (κ1) is 10.3. The van der Waals surface area contributed by atoms with E-state index >= 15 is 0 Å². The van der Waals surface area contributed by atoms with Gasteiger partial charge in [-0.1, -0.05) is 29.8 Å². The molecular weight excluding hydrogens is 204 g/mol. The molecule has 0 aliphatic heterocycles. The molecule has 0 atom stereocenters. The van der Waals surface area contributed by atoms with Crippen molar-refractivity contribution in [3.63, 3.8) is 0 Å². The average Bonchev–Trinajstić information content (AvgIpc) is 2.30. The normalized spacial score (nSPS) is 10.1. The molecule has 1 aromatic carbocycles. The monoisotopic (exact) mass is 214 g/mol. The van der Waals surface area contributed by atoms with E-state index in [9.17, 15) is 4.79 Å². The van der Waals surface area contributed by atoms with E-state index in [1.165, 1.54) is 6.20 Å². The van der Waals surface area contributed by atoms with Gasteiger partial charge >= 0.3 is 5.97 Å². The van der Waals surface area contributed by atoms with Crippen LogP contribution >= 0.6 is 0 Å². The van der Waals surface area contributed by atoms with Crippen LogP contribution in [0.2, 0.25) is 0 Å². The highest BCUT2D eigenvalue weighted by atomic mass is 16.4. The van der Waals surface area contributed by atoms with E-state index in [1.54, 1.807) is 6.07 Å². The van der Waals surface area contributed by atoms with Gasteiger partial charge in [-0.25, -0.2) is 14.8 Å². The number of carbonyl (C=O) groups is 1. The lowest BCUT2D eigenvalue weighted by Gasteiger charge is -2.01. The Morgan fingerprint density at radius 2 is 1.88 bits per heavy atom. The van der Waals surface area contributed by atoms with Gasteiger partial charge in [0.15, 0.2) is 0 Å². The van der Waals surface area contributed by atoms with Crippen molar-refractivity contribution in [3.05, 3.63) is 47.9 Å². The molecular formula is C12H10N2O2. The third-order valence-electron chi connectivity index (χ3n) is 2.19. The number of nitrogens with zero attached hydrogens (tertiary/aromatic N) is 2. The summed E-state index contributed by atoms with van der Waals surface area (Å²) in [5.41, 5.74) is 2.65. The van der Waals surface area contributed by atoms with Crippen molar-refractivity contribution in [1.29, 1.82) is 0 Å². The van der Waals surface area contributed by atoms with E-state index < -0.39 is 5.97 Å². The molecule has 0 aliphatic rings. The molecule has 1 N–H and O–H groups in total. The summed E-state index contributed by atoms with van der Waals surface area (Å²) < 4.78 is 0. The Kier molecular flexibility index (Phi) is 2.64. The van der Waals surface area contributed by atoms with E-state index in [4.69, 9.17) is 5.11 Å². The zero-order valence-electron chi connectivity index (χ0n) is 8.71. The first-order chi connectivity index (χ1) is 7.66. The van der Waals surface area contributed by atoms with E-state index in [2.05, 4.69) is 9.97 Å². The molecule has 0 saturated carbocycles. The minimum absolute atomic E-state index is 0.182. The van der Waals surface area contributed by atoms with Gasteiger partial charge in [-0.05, 0) is 13.0 Å². The quantitative estimate of drug-likeness (QED) is 0.831. The molecule has 0 spiro atoms. The Balaban J connectivity index is 2.44. The average molecular weight is 214 g/mol. The molecule has 4 heteroatoms. The second-order valence-electron chi connectivity index (χ2n) is 3.44. The number of hydrogen-bond donors (Lipinski definition) is 1. The number of aromatic carboxylic acids is 1. The van der Waals surface area contributed by atoms with Crippen LogP contribution in [0.15, 0.2) is 36.5 Å². The summed E-state index contributed by atoms with van der Waals surface area (Å²) in [7, 11) is 0. The first-order valence-electron chi connectivity index (χ1n) is 4.80. The zero-order chi connectivity index (χ0) is 11.5. The molecule has 0 fully saturated rings. The lowest BCUT2D eigenvalue weighted by molar-refractivity contribution is 0.0683. The Labute approximate surface area is 92.6 Å². The van der Waals surface area contributed by atoms with Gasteiger partial charge in [0.25, 0.3) is 0 Å². The molecule has 16 heavy (non-hydrogen) atoms.